The van der Waals surface area contributed by atoms with Crippen molar-refractivity contribution in [1.82, 2.24) is 21.3 Å². The lowest BCUT2D eigenvalue weighted by molar-refractivity contribution is -0.123. The molecular weight excluding hydrogens is 804 g/mol. The number of carbonyl (C=O) groups excluding carboxylic acids is 4. The van der Waals surface area contributed by atoms with Crippen molar-refractivity contribution in [2.75, 3.05) is 0 Å². The number of hydrogen-bond donors (Lipinski definition) is 4. The number of hydrogen-bond acceptors (Lipinski definition) is 6. The monoisotopic (exact) mass is 830 g/mol. The molecule has 0 saturated carbocycles. The topological polar surface area (TPSA) is 141 Å². The molecule has 14 heteroatoms. The number of nitrogens with one attached hydrogen (secondary N) is 4. The fourth-order valence-electron chi connectivity index (χ4n) is 3.36. The van der Waals surface area contributed by atoms with Gasteiger partial charge in [0.25, 0.3) is 0 Å². The summed E-state index contributed by atoms with van der Waals surface area (Å²) in [7, 11) is 0. The highest BCUT2D eigenvalue weighted by molar-refractivity contribution is 9.12. The van der Waals surface area contributed by atoms with Crippen molar-refractivity contribution in [1.29, 1.82) is 0 Å². The summed E-state index contributed by atoms with van der Waals surface area (Å²) in [6.07, 6.45) is 6.65. The van der Waals surface area contributed by atoms with Gasteiger partial charge in [0, 0.05) is 40.2 Å². The first-order valence-corrected chi connectivity index (χ1v) is 15.4. The van der Waals surface area contributed by atoms with E-state index in [9.17, 15) is 19.2 Å². The molecule has 0 atom stereocenters. The van der Waals surface area contributed by atoms with E-state index in [2.05, 4.69) is 122 Å². The van der Waals surface area contributed by atoms with Gasteiger partial charge in [-0.2, -0.15) is 10.2 Å². The SMILES string of the molecule is C=C(C)C(=O)NC1(NC(=O)C(=C)C)C(Br)=CC(/N=N/C2C=C(Br)C(NC(=O)C(=C)C)(NC(=O)C(=C)C)C(Br)=C2)C=C1Br. The van der Waals surface area contributed by atoms with Crippen molar-refractivity contribution in [3.05, 3.63) is 90.8 Å². The molecule has 0 aliphatic heterocycles. The summed E-state index contributed by atoms with van der Waals surface area (Å²) >= 11 is 13.9. The number of amides is 4. The Morgan fingerprint density at radius 2 is 0.738 bits per heavy atom. The quantitative estimate of drug-likeness (QED) is 0.132. The van der Waals surface area contributed by atoms with Gasteiger partial charge in [0.1, 0.15) is 12.1 Å². The molecule has 0 aromatic carbocycles. The number of carbonyl (C=O) groups is 4. The van der Waals surface area contributed by atoms with Gasteiger partial charge < -0.3 is 21.3 Å². The molecule has 4 amide bonds. The first kappa shape index (κ1) is 35.5. The number of halogens is 4. The van der Waals surface area contributed by atoms with Gasteiger partial charge in [0.2, 0.25) is 23.6 Å². The van der Waals surface area contributed by atoms with Crippen LogP contribution in [0, 0.1) is 0 Å². The third-order valence-electron chi connectivity index (χ3n) is 5.79. The fourth-order valence-corrected chi connectivity index (χ4v) is 6.62. The molecule has 224 valence electrons. The van der Waals surface area contributed by atoms with E-state index < -0.39 is 47.0 Å². The molecule has 0 fully saturated rings. The van der Waals surface area contributed by atoms with Crippen molar-refractivity contribution in [2.45, 2.75) is 51.1 Å². The maximum Gasteiger partial charge on any atom is 0.248 e. The minimum atomic E-state index is -1.46. The van der Waals surface area contributed by atoms with E-state index in [0.717, 1.165) is 0 Å². The van der Waals surface area contributed by atoms with E-state index in [1.165, 1.54) is 0 Å². The summed E-state index contributed by atoms with van der Waals surface area (Å²) in [5.41, 5.74) is -1.97. The Morgan fingerprint density at radius 3 is 0.905 bits per heavy atom. The zero-order valence-electron chi connectivity index (χ0n) is 23.3. The molecule has 0 aromatic rings. The standard InChI is InChI=1S/C28H30Br4N6O4/c1-13(2)23(39)33-27(34-24(40)14(3)4)19(29)9-17(10-20(27)30)37-38-18-11-21(31)28(22(32)12-18,35-25(41)15(5)6)36-26(42)16(7)8/h9-12,17-18H,1,3,5,7H2,2,4,6,8H3,(H,33,39)(H,34,40)(H,35,41)(H,36,42)/b38-37+. The minimum Gasteiger partial charge on any atom is -0.321 e. The van der Waals surface area contributed by atoms with Gasteiger partial charge in [-0.05, 0) is 52.0 Å². The molecule has 2 aliphatic carbocycles. The molecule has 0 saturated heterocycles. The number of azo groups is 1. The second kappa shape index (κ2) is 14.2. The van der Waals surface area contributed by atoms with Crippen LogP contribution in [-0.4, -0.2) is 47.0 Å². The van der Waals surface area contributed by atoms with Crippen LogP contribution in [0.2, 0.25) is 0 Å². The predicted octanol–water partition coefficient (Wildman–Crippen LogP) is 5.48. The Balaban J connectivity index is 2.44. The molecule has 0 heterocycles. The Bertz CT molecular complexity index is 1230. The molecule has 2 rings (SSSR count). The van der Waals surface area contributed by atoms with Gasteiger partial charge >= 0.3 is 0 Å². The van der Waals surface area contributed by atoms with E-state index in [1.807, 2.05) is 0 Å². The van der Waals surface area contributed by atoms with E-state index in [0.29, 0.717) is 17.9 Å². The third kappa shape index (κ3) is 8.03. The lowest BCUT2D eigenvalue weighted by Gasteiger charge is -2.38. The molecule has 0 unspecified atom stereocenters. The van der Waals surface area contributed by atoms with E-state index in [-0.39, 0.29) is 22.3 Å². The average Bonchev–Trinajstić information content (AvgIpc) is 2.88. The number of rotatable bonds is 10. The van der Waals surface area contributed by atoms with Gasteiger partial charge in [0.05, 0.1) is 0 Å². The molecule has 10 nitrogen and oxygen atoms in total. The summed E-state index contributed by atoms with van der Waals surface area (Å²) in [4.78, 5) is 50.4. The minimum absolute atomic E-state index is 0.239. The van der Waals surface area contributed by atoms with Crippen LogP contribution < -0.4 is 21.3 Å². The van der Waals surface area contributed by atoms with Crippen LogP contribution in [0.5, 0.6) is 0 Å². The van der Waals surface area contributed by atoms with Gasteiger partial charge in [-0.15, -0.1) is 0 Å². The van der Waals surface area contributed by atoms with Crippen LogP contribution in [0.4, 0.5) is 0 Å². The van der Waals surface area contributed by atoms with E-state index >= 15 is 0 Å². The molecule has 4 N–H and O–H groups in total. The fraction of sp³-hybridized carbons (Fsp3) is 0.286. The van der Waals surface area contributed by atoms with Gasteiger partial charge in [-0.3, -0.25) is 19.2 Å². The summed E-state index contributed by atoms with van der Waals surface area (Å²) < 4.78 is 1.55. The van der Waals surface area contributed by atoms with Crippen LogP contribution in [0.1, 0.15) is 27.7 Å². The van der Waals surface area contributed by atoms with Crippen molar-refractivity contribution < 1.29 is 19.2 Å². The van der Waals surface area contributed by atoms with Crippen molar-refractivity contribution in [2.24, 2.45) is 10.2 Å². The molecule has 42 heavy (non-hydrogen) atoms. The average molecular weight is 834 g/mol. The second-order valence-electron chi connectivity index (χ2n) is 9.71. The highest BCUT2D eigenvalue weighted by atomic mass is 79.9. The summed E-state index contributed by atoms with van der Waals surface area (Å²) in [6, 6.07) is -1.22. The van der Waals surface area contributed by atoms with Crippen molar-refractivity contribution in [3.63, 3.8) is 0 Å². The second-order valence-corrected chi connectivity index (χ2v) is 13.1. The molecular formula is C28H30Br4N6O4. The lowest BCUT2D eigenvalue weighted by atomic mass is 9.99. The maximum atomic E-state index is 12.6. The largest absolute Gasteiger partial charge is 0.321 e. The van der Waals surface area contributed by atoms with Crippen LogP contribution in [0.3, 0.4) is 0 Å². The van der Waals surface area contributed by atoms with Crippen molar-refractivity contribution >= 4 is 87.3 Å². The summed E-state index contributed by atoms with van der Waals surface area (Å²) in [5, 5.41) is 20.0. The highest BCUT2D eigenvalue weighted by Crippen LogP contribution is 2.39. The Morgan fingerprint density at radius 1 is 0.548 bits per heavy atom. The normalized spacial score (nSPS) is 18.0. The zero-order chi connectivity index (χ0) is 32.2. The van der Waals surface area contributed by atoms with Gasteiger partial charge in [0.15, 0.2) is 11.3 Å². The predicted molar refractivity (Wildman–Crippen MR) is 178 cm³/mol. The summed E-state index contributed by atoms with van der Waals surface area (Å²) in [6.45, 7) is 20.8. The molecule has 0 radical (unpaired) electrons. The number of nitrogens with zero attached hydrogens (tertiary/aromatic N) is 2. The lowest BCUT2D eigenvalue weighted by Crippen LogP contribution is -2.62. The van der Waals surface area contributed by atoms with Crippen LogP contribution >= 0.6 is 63.7 Å². The molecule has 0 spiro atoms. The Kier molecular flexibility index (Phi) is 12.0. The van der Waals surface area contributed by atoms with Crippen LogP contribution in [0.15, 0.2) is 101 Å². The first-order valence-electron chi connectivity index (χ1n) is 12.2. The molecule has 0 bridgehead atoms. The smallest absolute Gasteiger partial charge is 0.248 e. The van der Waals surface area contributed by atoms with E-state index in [1.54, 1.807) is 52.0 Å². The van der Waals surface area contributed by atoms with Crippen LogP contribution in [-0.2, 0) is 19.2 Å². The summed E-state index contributed by atoms with van der Waals surface area (Å²) in [5.74, 6) is -1.94. The maximum absolute atomic E-state index is 12.6. The Labute approximate surface area is 278 Å². The highest BCUT2D eigenvalue weighted by Gasteiger charge is 2.44. The first-order chi connectivity index (χ1) is 19.4. The van der Waals surface area contributed by atoms with Crippen LogP contribution in [0.25, 0.3) is 0 Å². The Hall–Kier alpha value is -2.68. The third-order valence-corrected chi connectivity index (χ3v) is 9.23. The molecule has 0 aromatic heterocycles. The zero-order valence-corrected chi connectivity index (χ0v) is 29.7. The van der Waals surface area contributed by atoms with Gasteiger partial charge in [-0.25, -0.2) is 0 Å². The van der Waals surface area contributed by atoms with Gasteiger partial charge in [-0.1, -0.05) is 90.0 Å². The van der Waals surface area contributed by atoms with E-state index in [4.69, 9.17) is 0 Å². The molecule has 2 aliphatic rings. The van der Waals surface area contributed by atoms with Crippen molar-refractivity contribution in [3.8, 4) is 0 Å².